The first-order chi connectivity index (χ1) is 14.1. The van der Waals surface area contributed by atoms with E-state index < -0.39 is 11.9 Å². The molecule has 154 valence electrons. The van der Waals surface area contributed by atoms with Crippen molar-refractivity contribution in [2.45, 2.75) is 19.3 Å². The summed E-state index contributed by atoms with van der Waals surface area (Å²) in [6.07, 6.45) is 10.2. The summed E-state index contributed by atoms with van der Waals surface area (Å²) in [7, 11) is 4.18. The van der Waals surface area contributed by atoms with E-state index >= 15 is 0 Å². The second-order valence-corrected chi connectivity index (χ2v) is 6.72. The topological polar surface area (TPSA) is 68.3 Å². The van der Waals surface area contributed by atoms with E-state index in [4.69, 9.17) is 14.2 Å². The largest absolute Gasteiger partial charge is 0.495 e. The Hall–Kier alpha value is -3.22. The first-order valence-corrected chi connectivity index (χ1v) is 9.58. The fourth-order valence-electron chi connectivity index (χ4n) is 3.58. The maximum Gasteiger partial charge on any atom is 0.355 e. The minimum atomic E-state index is -0.638. The van der Waals surface area contributed by atoms with Crippen molar-refractivity contribution in [2.24, 2.45) is 0 Å². The van der Waals surface area contributed by atoms with Crippen LogP contribution in [0.3, 0.4) is 0 Å². The molecule has 1 aromatic rings. The Bertz CT molecular complexity index is 866. The maximum atomic E-state index is 12.6. The molecular formula is C22H26N2O5. The highest BCUT2D eigenvalue weighted by molar-refractivity contribution is 6.05. The Morgan fingerprint density at radius 3 is 2.31 bits per heavy atom. The van der Waals surface area contributed by atoms with Crippen LogP contribution in [0.1, 0.15) is 19.3 Å². The molecule has 1 saturated heterocycles. The number of nitrogens with zero attached hydrogens (tertiary/aromatic N) is 2. The van der Waals surface area contributed by atoms with Gasteiger partial charge in [0.15, 0.2) is 0 Å². The van der Waals surface area contributed by atoms with Crippen LogP contribution in [-0.2, 0) is 19.1 Å². The van der Waals surface area contributed by atoms with Crippen LogP contribution in [0, 0.1) is 0 Å². The first kappa shape index (κ1) is 20.5. The van der Waals surface area contributed by atoms with Crippen molar-refractivity contribution in [1.29, 1.82) is 0 Å². The van der Waals surface area contributed by atoms with Crippen LogP contribution in [-0.4, -0.2) is 46.4 Å². The average Bonchev–Trinajstić information content (AvgIpc) is 3.01. The van der Waals surface area contributed by atoms with Crippen molar-refractivity contribution >= 4 is 23.3 Å². The predicted octanol–water partition coefficient (Wildman–Crippen LogP) is 3.18. The van der Waals surface area contributed by atoms with Gasteiger partial charge < -0.3 is 24.0 Å². The van der Waals surface area contributed by atoms with E-state index in [1.54, 1.807) is 30.4 Å². The smallest absolute Gasteiger partial charge is 0.355 e. The number of hydrogen-bond acceptors (Lipinski definition) is 7. The molecule has 7 heteroatoms. The second kappa shape index (κ2) is 9.32. The van der Waals surface area contributed by atoms with Crippen LogP contribution in [0.25, 0.3) is 0 Å². The standard InChI is InChI=1S/C22H26N2O5/c1-27-19-15-16(10-11-18(19)23-12-6-4-7-13-23)24-14-8-5-9-17(21(25)28-2)20(24)22(26)29-3/h5,8-11,14-15H,4,6-7,12-13H2,1-3H3. The highest BCUT2D eigenvalue weighted by Crippen LogP contribution is 2.36. The van der Waals surface area contributed by atoms with Crippen molar-refractivity contribution in [3.63, 3.8) is 0 Å². The number of hydrogen-bond donors (Lipinski definition) is 0. The highest BCUT2D eigenvalue weighted by Gasteiger charge is 2.28. The van der Waals surface area contributed by atoms with Gasteiger partial charge in [0, 0.05) is 31.0 Å². The summed E-state index contributed by atoms with van der Waals surface area (Å²) < 4.78 is 15.4. The van der Waals surface area contributed by atoms with E-state index in [0.717, 1.165) is 31.6 Å². The fraction of sp³-hybridized carbons (Fsp3) is 0.364. The summed E-state index contributed by atoms with van der Waals surface area (Å²) in [4.78, 5) is 28.8. The lowest BCUT2D eigenvalue weighted by Gasteiger charge is -2.31. The number of ether oxygens (including phenoxy) is 3. The van der Waals surface area contributed by atoms with Gasteiger partial charge in [-0.1, -0.05) is 6.08 Å². The molecule has 7 nitrogen and oxygen atoms in total. The third-order valence-corrected chi connectivity index (χ3v) is 5.03. The molecule has 0 radical (unpaired) electrons. The average molecular weight is 398 g/mol. The van der Waals surface area contributed by atoms with Crippen molar-refractivity contribution in [1.82, 2.24) is 0 Å². The van der Waals surface area contributed by atoms with Crippen LogP contribution in [0.4, 0.5) is 11.4 Å². The molecule has 3 rings (SSSR count). The number of anilines is 2. The molecule has 0 unspecified atom stereocenters. The van der Waals surface area contributed by atoms with E-state index in [2.05, 4.69) is 4.90 Å². The van der Waals surface area contributed by atoms with Gasteiger partial charge in [0.25, 0.3) is 0 Å². The van der Waals surface area contributed by atoms with Crippen LogP contribution in [0.2, 0.25) is 0 Å². The van der Waals surface area contributed by atoms with Crippen molar-refractivity contribution in [2.75, 3.05) is 44.2 Å². The van der Waals surface area contributed by atoms with Gasteiger partial charge in [-0.15, -0.1) is 0 Å². The van der Waals surface area contributed by atoms with Gasteiger partial charge in [0.2, 0.25) is 0 Å². The molecule has 0 N–H and O–H groups in total. The fourth-order valence-corrected chi connectivity index (χ4v) is 3.58. The molecule has 0 aromatic heterocycles. The van der Waals surface area contributed by atoms with Crippen LogP contribution >= 0.6 is 0 Å². The number of esters is 2. The summed E-state index contributed by atoms with van der Waals surface area (Å²) in [6, 6.07) is 5.75. The zero-order valence-corrected chi connectivity index (χ0v) is 17.0. The predicted molar refractivity (Wildman–Crippen MR) is 111 cm³/mol. The molecule has 0 spiro atoms. The minimum absolute atomic E-state index is 0.0807. The van der Waals surface area contributed by atoms with Gasteiger partial charge >= 0.3 is 11.9 Å². The molecule has 2 aliphatic heterocycles. The minimum Gasteiger partial charge on any atom is -0.495 e. The van der Waals surface area contributed by atoms with E-state index in [0.29, 0.717) is 11.4 Å². The second-order valence-electron chi connectivity index (χ2n) is 6.72. The molecule has 1 aromatic carbocycles. The SMILES string of the molecule is COC(=O)C1=C(C(=O)OC)N(c2ccc(N3CCCCC3)c(OC)c2)C=CC=C1. The van der Waals surface area contributed by atoms with E-state index in [9.17, 15) is 9.59 Å². The van der Waals surface area contributed by atoms with Gasteiger partial charge in [0.05, 0.1) is 32.6 Å². The van der Waals surface area contributed by atoms with Crippen molar-refractivity contribution < 1.29 is 23.8 Å². The molecule has 0 atom stereocenters. The molecule has 0 saturated carbocycles. The highest BCUT2D eigenvalue weighted by atomic mass is 16.5. The quantitative estimate of drug-likeness (QED) is 0.706. The number of allylic oxidation sites excluding steroid dienone is 2. The normalized spacial score (nSPS) is 16.5. The Morgan fingerprint density at radius 2 is 1.66 bits per heavy atom. The van der Waals surface area contributed by atoms with Crippen LogP contribution in [0.5, 0.6) is 5.75 Å². The first-order valence-electron chi connectivity index (χ1n) is 9.58. The van der Waals surface area contributed by atoms with Gasteiger partial charge in [-0.3, -0.25) is 0 Å². The van der Waals surface area contributed by atoms with Gasteiger partial charge in [-0.25, -0.2) is 9.59 Å². The van der Waals surface area contributed by atoms with Gasteiger partial charge in [0.1, 0.15) is 11.4 Å². The Balaban J connectivity index is 2.07. The zero-order valence-electron chi connectivity index (χ0n) is 17.0. The molecule has 2 heterocycles. The third kappa shape index (κ3) is 4.29. The van der Waals surface area contributed by atoms with E-state index in [1.807, 2.05) is 18.2 Å². The number of methoxy groups -OCH3 is 3. The monoisotopic (exact) mass is 398 g/mol. The van der Waals surface area contributed by atoms with Crippen LogP contribution < -0.4 is 14.5 Å². The number of piperidine rings is 1. The molecule has 2 aliphatic rings. The van der Waals surface area contributed by atoms with Gasteiger partial charge in [-0.2, -0.15) is 0 Å². The summed E-state index contributed by atoms with van der Waals surface area (Å²) in [5.41, 5.74) is 1.88. The lowest BCUT2D eigenvalue weighted by atomic mass is 10.1. The zero-order chi connectivity index (χ0) is 20.8. The molecule has 0 amide bonds. The molecule has 0 aliphatic carbocycles. The molecule has 1 fully saturated rings. The summed E-state index contributed by atoms with van der Waals surface area (Å²) in [5.74, 6) is -0.549. The lowest BCUT2D eigenvalue weighted by molar-refractivity contribution is -0.139. The number of benzene rings is 1. The number of rotatable bonds is 5. The third-order valence-electron chi connectivity index (χ3n) is 5.03. The van der Waals surface area contributed by atoms with E-state index in [1.165, 1.54) is 26.7 Å². The summed E-state index contributed by atoms with van der Waals surface area (Å²) >= 11 is 0. The van der Waals surface area contributed by atoms with Crippen molar-refractivity contribution in [3.05, 3.63) is 53.9 Å². The van der Waals surface area contributed by atoms with Crippen molar-refractivity contribution in [3.8, 4) is 5.75 Å². The molecular weight excluding hydrogens is 372 g/mol. The summed E-state index contributed by atoms with van der Waals surface area (Å²) in [6.45, 7) is 1.98. The number of carbonyl (C=O) groups excluding carboxylic acids is 2. The number of carbonyl (C=O) groups is 2. The van der Waals surface area contributed by atoms with Crippen LogP contribution in [0.15, 0.2) is 53.9 Å². The molecule has 29 heavy (non-hydrogen) atoms. The van der Waals surface area contributed by atoms with E-state index in [-0.39, 0.29) is 11.3 Å². The Labute approximate surface area is 170 Å². The Morgan fingerprint density at radius 1 is 0.931 bits per heavy atom. The maximum absolute atomic E-state index is 12.6. The Kier molecular flexibility index (Phi) is 6.59. The lowest BCUT2D eigenvalue weighted by Crippen LogP contribution is -2.30. The molecule has 0 bridgehead atoms. The summed E-state index contributed by atoms with van der Waals surface area (Å²) in [5, 5.41) is 0. The van der Waals surface area contributed by atoms with Gasteiger partial charge in [-0.05, 0) is 43.5 Å².